The third-order valence-electron chi connectivity index (χ3n) is 1.81. The quantitative estimate of drug-likeness (QED) is 0.411. The minimum absolute atomic E-state index is 0.315. The molecule has 0 heterocycles. The number of rotatable bonds is 8. The Kier molecular flexibility index (Phi) is 8.85. The summed E-state index contributed by atoms with van der Waals surface area (Å²) in [7, 11) is 6.11. The monoisotopic (exact) mass is 255 g/mol. The molecule has 0 aromatic rings. The zero-order valence-corrected chi connectivity index (χ0v) is 12.1. The van der Waals surface area contributed by atoms with Gasteiger partial charge in [0.15, 0.2) is 0 Å². The van der Waals surface area contributed by atoms with Crippen molar-refractivity contribution in [3.63, 3.8) is 0 Å². The van der Waals surface area contributed by atoms with Crippen LogP contribution in [0.3, 0.4) is 0 Å². The van der Waals surface area contributed by atoms with Crippen LogP contribution in [0.25, 0.3) is 0 Å². The maximum atomic E-state index is 5.42. The van der Waals surface area contributed by atoms with Crippen LogP contribution in [-0.4, -0.2) is 24.2 Å². The van der Waals surface area contributed by atoms with Gasteiger partial charge in [0.2, 0.25) is 0 Å². The van der Waals surface area contributed by atoms with Crippen molar-refractivity contribution in [3.05, 3.63) is 0 Å². The Hall–Kier alpha value is 1.05. The summed E-state index contributed by atoms with van der Waals surface area (Å²) < 4.78 is 5.19. The lowest BCUT2D eigenvalue weighted by molar-refractivity contribution is 0.188. The molecule has 0 bridgehead atoms. The van der Waals surface area contributed by atoms with E-state index in [2.05, 4.69) is 30.2 Å². The summed E-state index contributed by atoms with van der Waals surface area (Å²) in [5.41, 5.74) is 5.76. The fraction of sp³-hybridized carbons (Fsp3) is 1.00. The highest BCUT2D eigenvalue weighted by Gasteiger charge is 2.21. The van der Waals surface area contributed by atoms with Crippen LogP contribution in [-0.2, 0) is 4.52 Å². The van der Waals surface area contributed by atoms with Crippen molar-refractivity contribution < 1.29 is 4.52 Å². The van der Waals surface area contributed by atoms with E-state index < -0.39 is 0 Å². The van der Waals surface area contributed by atoms with E-state index in [4.69, 9.17) is 10.3 Å². The summed E-state index contributed by atoms with van der Waals surface area (Å²) in [6, 6.07) is 0. The molecule has 0 aromatic carbocycles. The molecule has 0 amide bonds. The van der Waals surface area contributed by atoms with Crippen molar-refractivity contribution in [1.29, 1.82) is 0 Å². The maximum Gasteiger partial charge on any atom is 0.0588 e. The lowest BCUT2D eigenvalue weighted by Crippen LogP contribution is -2.21. The largest absolute Gasteiger partial charge is 0.363 e. The highest BCUT2D eigenvalue weighted by atomic mass is 33.1. The molecular formula is C9H22NOPS2. The standard InChI is InChI=1S/C9H22NOPS2/c1-8(11-12)6-9(2,3)7-14-13-5-4-10/h8H,4-7,10,12H2,1-3H3/t8-/m0/s1. The van der Waals surface area contributed by atoms with Gasteiger partial charge in [-0.15, -0.1) is 0 Å². The Balaban J connectivity index is 3.60. The predicted molar refractivity (Wildman–Crippen MR) is 72.6 cm³/mol. The van der Waals surface area contributed by atoms with Crippen LogP contribution in [0.15, 0.2) is 0 Å². The van der Waals surface area contributed by atoms with Gasteiger partial charge in [-0.2, -0.15) is 0 Å². The third-order valence-corrected chi connectivity index (χ3v) is 5.09. The second-order valence-electron chi connectivity index (χ2n) is 4.19. The maximum absolute atomic E-state index is 5.42. The molecule has 0 saturated carbocycles. The van der Waals surface area contributed by atoms with Crippen LogP contribution in [0.4, 0.5) is 0 Å². The summed E-state index contributed by atoms with van der Waals surface area (Å²) in [6.07, 6.45) is 1.40. The molecule has 0 aliphatic heterocycles. The van der Waals surface area contributed by atoms with Gasteiger partial charge in [-0.05, 0) is 18.8 Å². The predicted octanol–water partition coefficient (Wildman–Crippen LogP) is 2.94. The van der Waals surface area contributed by atoms with Gasteiger partial charge in [-0.25, -0.2) is 0 Å². The topological polar surface area (TPSA) is 35.2 Å². The second-order valence-corrected chi connectivity index (χ2v) is 7.04. The summed E-state index contributed by atoms with van der Waals surface area (Å²) in [4.78, 5) is 0. The Bertz CT molecular complexity index is 147. The number of nitrogens with two attached hydrogens (primary N) is 1. The van der Waals surface area contributed by atoms with Crippen molar-refractivity contribution in [2.24, 2.45) is 11.1 Å². The normalized spacial score (nSPS) is 14.4. The Morgan fingerprint density at radius 2 is 2.07 bits per heavy atom. The number of hydrogen-bond acceptors (Lipinski definition) is 4. The van der Waals surface area contributed by atoms with Crippen molar-refractivity contribution in [2.45, 2.75) is 33.3 Å². The van der Waals surface area contributed by atoms with E-state index >= 15 is 0 Å². The van der Waals surface area contributed by atoms with Crippen LogP contribution in [0.5, 0.6) is 0 Å². The summed E-state index contributed by atoms with van der Waals surface area (Å²) >= 11 is 0. The molecule has 0 saturated heterocycles. The SMILES string of the molecule is C[C@@H](CC(C)(C)CSSCCN)OP. The lowest BCUT2D eigenvalue weighted by Gasteiger charge is -2.26. The van der Waals surface area contributed by atoms with Crippen molar-refractivity contribution in [3.8, 4) is 0 Å². The van der Waals surface area contributed by atoms with Gasteiger partial charge >= 0.3 is 0 Å². The van der Waals surface area contributed by atoms with E-state index in [1.807, 2.05) is 21.6 Å². The molecule has 14 heavy (non-hydrogen) atoms. The van der Waals surface area contributed by atoms with Crippen molar-refractivity contribution in [1.82, 2.24) is 0 Å². The van der Waals surface area contributed by atoms with E-state index in [1.54, 1.807) is 0 Å². The Morgan fingerprint density at radius 1 is 1.43 bits per heavy atom. The first kappa shape index (κ1) is 15.0. The van der Waals surface area contributed by atoms with E-state index in [1.165, 1.54) is 0 Å². The zero-order chi connectivity index (χ0) is 11.0. The molecule has 0 spiro atoms. The smallest absolute Gasteiger partial charge is 0.0588 e. The average molecular weight is 255 g/mol. The average Bonchev–Trinajstić information content (AvgIpc) is 2.12. The zero-order valence-electron chi connectivity index (χ0n) is 9.29. The highest BCUT2D eigenvalue weighted by Crippen LogP contribution is 2.33. The molecule has 0 aromatic heterocycles. The summed E-state index contributed by atoms with van der Waals surface area (Å²) in [6.45, 7) is 7.43. The third kappa shape index (κ3) is 8.37. The highest BCUT2D eigenvalue weighted by molar-refractivity contribution is 8.76. The van der Waals surface area contributed by atoms with Gasteiger partial charge in [0, 0.05) is 27.5 Å². The van der Waals surface area contributed by atoms with Crippen molar-refractivity contribution >= 4 is 31.1 Å². The first-order valence-corrected chi connectivity index (χ1v) is 7.78. The first-order chi connectivity index (χ1) is 6.52. The Labute approximate surface area is 98.2 Å². The van der Waals surface area contributed by atoms with Gasteiger partial charge < -0.3 is 10.3 Å². The van der Waals surface area contributed by atoms with Gasteiger partial charge in [-0.3, -0.25) is 0 Å². The molecule has 0 fully saturated rings. The molecule has 2 atom stereocenters. The fourth-order valence-electron chi connectivity index (χ4n) is 1.19. The molecular weight excluding hydrogens is 233 g/mol. The fourth-order valence-corrected chi connectivity index (χ4v) is 3.87. The molecule has 5 heteroatoms. The van der Waals surface area contributed by atoms with Crippen LogP contribution < -0.4 is 5.73 Å². The molecule has 2 N–H and O–H groups in total. The molecule has 2 nitrogen and oxygen atoms in total. The molecule has 0 radical (unpaired) electrons. The summed E-state index contributed by atoms with van der Waals surface area (Å²) in [5.74, 6) is 2.19. The van der Waals surface area contributed by atoms with Gasteiger partial charge in [0.1, 0.15) is 0 Å². The summed E-state index contributed by atoms with van der Waals surface area (Å²) in [5, 5.41) is 0. The van der Waals surface area contributed by atoms with Crippen molar-refractivity contribution in [2.75, 3.05) is 18.1 Å². The minimum Gasteiger partial charge on any atom is -0.363 e. The van der Waals surface area contributed by atoms with Crippen LogP contribution in [0.2, 0.25) is 0 Å². The second kappa shape index (κ2) is 8.23. The van der Waals surface area contributed by atoms with E-state index in [0.717, 1.165) is 24.5 Å². The van der Waals surface area contributed by atoms with Crippen LogP contribution in [0.1, 0.15) is 27.2 Å². The minimum atomic E-state index is 0.315. The molecule has 0 aliphatic rings. The van der Waals surface area contributed by atoms with E-state index in [9.17, 15) is 0 Å². The van der Waals surface area contributed by atoms with Gasteiger partial charge in [-0.1, -0.05) is 35.4 Å². The molecule has 0 aliphatic carbocycles. The van der Waals surface area contributed by atoms with Crippen LogP contribution in [0, 0.1) is 5.41 Å². The number of hydrogen-bond donors (Lipinski definition) is 1. The Morgan fingerprint density at radius 3 is 2.57 bits per heavy atom. The lowest BCUT2D eigenvalue weighted by atomic mass is 9.89. The first-order valence-electron chi connectivity index (χ1n) is 4.82. The molecule has 0 rings (SSSR count). The van der Waals surface area contributed by atoms with E-state index in [-0.39, 0.29) is 0 Å². The molecule has 86 valence electrons. The van der Waals surface area contributed by atoms with Gasteiger partial charge in [0.25, 0.3) is 0 Å². The van der Waals surface area contributed by atoms with Crippen LogP contribution >= 0.6 is 31.1 Å². The van der Waals surface area contributed by atoms with E-state index in [0.29, 0.717) is 11.5 Å². The molecule has 1 unspecified atom stereocenters. The van der Waals surface area contributed by atoms with Gasteiger partial charge in [0.05, 0.1) is 6.10 Å².